The summed E-state index contributed by atoms with van der Waals surface area (Å²) in [5, 5.41) is 0. The zero-order chi connectivity index (χ0) is 15.9. The zero-order valence-corrected chi connectivity index (χ0v) is 14.4. The molecule has 0 fully saturated rings. The van der Waals surface area contributed by atoms with Gasteiger partial charge in [0.1, 0.15) is 24.0 Å². The van der Waals surface area contributed by atoms with Crippen LogP contribution in [0.4, 0.5) is 0 Å². The summed E-state index contributed by atoms with van der Waals surface area (Å²) in [4.78, 5) is 0.266. The average Bonchev–Trinajstić information content (AvgIpc) is 2.53. The maximum atomic E-state index is 5.74. The fourth-order valence-electron chi connectivity index (χ4n) is 1.85. The predicted molar refractivity (Wildman–Crippen MR) is 94.0 cm³/mol. The van der Waals surface area contributed by atoms with Gasteiger partial charge < -0.3 is 19.9 Å². The van der Waals surface area contributed by atoms with Crippen molar-refractivity contribution in [1.82, 2.24) is 0 Å². The molecule has 0 aliphatic heterocycles. The number of nitrogens with two attached hydrogens (primary N) is 1. The molecule has 0 aliphatic rings. The Hall–Kier alpha value is -1.79. The smallest absolute Gasteiger partial charge is 0.171 e. The Kier molecular flexibility index (Phi) is 6.03. The fourth-order valence-corrected chi connectivity index (χ4v) is 2.28. The van der Waals surface area contributed by atoms with Crippen LogP contribution in [0.25, 0.3) is 0 Å². The molecule has 0 heterocycles. The van der Waals surface area contributed by atoms with Gasteiger partial charge in [-0.1, -0.05) is 34.2 Å². The van der Waals surface area contributed by atoms with Crippen LogP contribution in [0.2, 0.25) is 0 Å². The van der Waals surface area contributed by atoms with Crippen molar-refractivity contribution in [2.75, 3.05) is 20.3 Å². The summed E-state index contributed by atoms with van der Waals surface area (Å²) in [5.74, 6) is 1.91. The third-order valence-electron chi connectivity index (χ3n) is 2.88. The lowest BCUT2D eigenvalue weighted by molar-refractivity contribution is 0.211. The Morgan fingerprint density at radius 1 is 1.09 bits per heavy atom. The molecule has 2 aromatic carbocycles. The number of hydrogen-bond donors (Lipinski definition) is 1. The summed E-state index contributed by atoms with van der Waals surface area (Å²) in [6, 6.07) is 13.0. The molecule has 0 saturated carbocycles. The summed E-state index contributed by atoms with van der Waals surface area (Å²) in [6.45, 7) is 0.752. The molecule has 0 aromatic heterocycles. The largest absolute Gasteiger partial charge is 0.493 e. The van der Waals surface area contributed by atoms with Crippen LogP contribution >= 0.6 is 28.1 Å². The molecule has 22 heavy (non-hydrogen) atoms. The van der Waals surface area contributed by atoms with Crippen molar-refractivity contribution in [1.29, 1.82) is 0 Å². The van der Waals surface area contributed by atoms with E-state index in [2.05, 4.69) is 15.9 Å². The molecule has 4 nitrogen and oxygen atoms in total. The second kappa shape index (κ2) is 8.00. The van der Waals surface area contributed by atoms with E-state index in [1.165, 1.54) is 0 Å². The summed E-state index contributed by atoms with van der Waals surface area (Å²) in [7, 11) is 1.57. The minimum atomic E-state index is 0.266. The molecule has 0 bridgehead atoms. The molecule has 0 radical (unpaired) electrons. The van der Waals surface area contributed by atoms with Gasteiger partial charge in [-0.2, -0.15) is 0 Å². The third-order valence-corrected chi connectivity index (χ3v) is 3.62. The highest BCUT2D eigenvalue weighted by atomic mass is 79.9. The van der Waals surface area contributed by atoms with Crippen molar-refractivity contribution in [3.63, 3.8) is 0 Å². The molecule has 0 aliphatic carbocycles. The van der Waals surface area contributed by atoms with Gasteiger partial charge in [0, 0.05) is 4.47 Å². The van der Waals surface area contributed by atoms with Gasteiger partial charge in [-0.25, -0.2) is 0 Å². The molecular formula is C16H16BrNO3S. The standard InChI is InChI=1S/C16H16BrNO3S/c1-19-14-4-2-3-13(16(18)22)15(14)21-10-9-20-12-7-5-11(17)6-8-12/h2-8H,9-10H2,1H3,(H2,18,22). The van der Waals surface area contributed by atoms with E-state index < -0.39 is 0 Å². The molecule has 0 unspecified atom stereocenters. The van der Waals surface area contributed by atoms with E-state index in [0.717, 1.165) is 10.2 Å². The van der Waals surface area contributed by atoms with Gasteiger partial charge in [0.2, 0.25) is 0 Å². The first-order valence-corrected chi connectivity index (χ1v) is 7.80. The van der Waals surface area contributed by atoms with Crippen LogP contribution in [-0.4, -0.2) is 25.3 Å². The highest BCUT2D eigenvalue weighted by Crippen LogP contribution is 2.31. The van der Waals surface area contributed by atoms with Crippen molar-refractivity contribution in [2.45, 2.75) is 0 Å². The molecule has 116 valence electrons. The van der Waals surface area contributed by atoms with E-state index >= 15 is 0 Å². The van der Waals surface area contributed by atoms with E-state index in [0.29, 0.717) is 30.3 Å². The fraction of sp³-hybridized carbons (Fsp3) is 0.188. The second-order valence-electron chi connectivity index (χ2n) is 4.35. The molecular weight excluding hydrogens is 366 g/mol. The van der Waals surface area contributed by atoms with Gasteiger partial charge in [-0.3, -0.25) is 0 Å². The minimum Gasteiger partial charge on any atom is -0.493 e. The van der Waals surface area contributed by atoms with E-state index in [9.17, 15) is 0 Å². The van der Waals surface area contributed by atoms with Crippen LogP contribution in [0, 0.1) is 0 Å². The second-order valence-corrected chi connectivity index (χ2v) is 5.71. The molecule has 2 aromatic rings. The number of benzene rings is 2. The lowest BCUT2D eigenvalue weighted by Gasteiger charge is -2.14. The van der Waals surface area contributed by atoms with Crippen LogP contribution in [0.15, 0.2) is 46.9 Å². The molecule has 0 amide bonds. The van der Waals surface area contributed by atoms with Gasteiger partial charge in [-0.15, -0.1) is 0 Å². The lowest BCUT2D eigenvalue weighted by Crippen LogP contribution is -2.15. The summed E-state index contributed by atoms with van der Waals surface area (Å²) < 4.78 is 17.6. The molecule has 6 heteroatoms. The van der Waals surface area contributed by atoms with E-state index in [1.807, 2.05) is 30.3 Å². The topological polar surface area (TPSA) is 53.7 Å². The van der Waals surface area contributed by atoms with Crippen molar-refractivity contribution in [3.05, 3.63) is 52.5 Å². The number of thiocarbonyl (C=S) groups is 1. The first kappa shape index (κ1) is 16.6. The monoisotopic (exact) mass is 381 g/mol. The Balaban J connectivity index is 1.96. The summed E-state index contributed by atoms with van der Waals surface area (Å²) in [6.07, 6.45) is 0. The first-order chi connectivity index (χ1) is 10.6. The first-order valence-electron chi connectivity index (χ1n) is 6.60. The van der Waals surface area contributed by atoms with Gasteiger partial charge in [0.05, 0.1) is 12.7 Å². The van der Waals surface area contributed by atoms with Gasteiger partial charge in [0.25, 0.3) is 0 Å². The SMILES string of the molecule is COc1cccc(C(N)=S)c1OCCOc1ccc(Br)cc1. The number of halogens is 1. The quantitative estimate of drug-likeness (QED) is 0.586. The number of hydrogen-bond acceptors (Lipinski definition) is 4. The predicted octanol–water partition coefficient (Wildman–Crippen LogP) is 3.55. The lowest BCUT2D eigenvalue weighted by atomic mass is 10.2. The molecule has 0 spiro atoms. The number of rotatable bonds is 7. The van der Waals surface area contributed by atoms with Crippen LogP contribution in [0.1, 0.15) is 5.56 Å². The van der Waals surface area contributed by atoms with Crippen LogP contribution < -0.4 is 19.9 Å². The normalized spacial score (nSPS) is 10.1. The van der Waals surface area contributed by atoms with Crippen LogP contribution in [0.5, 0.6) is 17.2 Å². The van der Waals surface area contributed by atoms with Crippen LogP contribution in [-0.2, 0) is 0 Å². The number of para-hydroxylation sites is 1. The van der Waals surface area contributed by atoms with Crippen molar-refractivity contribution in [2.24, 2.45) is 5.73 Å². The molecule has 0 saturated heterocycles. The van der Waals surface area contributed by atoms with Gasteiger partial charge >= 0.3 is 0 Å². The maximum Gasteiger partial charge on any atom is 0.171 e. The maximum absolute atomic E-state index is 5.74. The highest BCUT2D eigenvalue weighted by molar-refractivity contribution is 9.10. The zero-order valence-electron chi connectivity index (χ0n) is 12.0. The number of ether oxygens (including phenoxy) is 3. The Bertz CT molecular complexity index is 646. The van der Waals surface area contributed by atoms with Crippen molar-refractivity contribution >= 4 is 33.1 Å². The highest BCUT2D eigenvalue weighted by Gasteiger charge is 2.12. The van der Waals surface area contributed by atoms with E-state index in [4.69, 9.17) is 32.2 Å². The molecule has 2 N–H and O–H groups in total. The van der Waals surface area contributed by atoms with Crippen molar-refractivity contribution in [3.8, 4) is 17.2 Å². The van der Waals surface area contributed by atoms with Gasteiger partial charge in [-0.05, 0) is 36.4 Å². The van der Waals surface area contributed by atoms with E-state index in [1.54, 1.807) is 19.2 Å². The van der Waals surface area contributed by atoms with Crippen molar-refractivity contribution < 1.29 is 14.2 Å². The average molecular weight is 382 g/mol. The molecule has 0 atom stereocenters. The van der Waals surface area contributed by atoms with Gasteiger partial charge in [0.15, 0.2) is 11.5 Å². The summed E-state index contributed by atoms with van der Waals surface area (Å²) in [5.41, 5.74) is 6.36. The van der Waals surface area contributed by atoms with E-state index in [-0.39, 0.29) is 4.99 Å². The molecule has 2 rings (SSSR count). The van der Waals surface area contributed by atoms with Crippen LogP contribution in [0.3, 0.4) is 0 Å². The minimum absolute atomic E-state index is 0.266. The third kappa shape index (κ3) is 4.35. The Labute approximate surface area is 143 Å². The summed E-state index contributed by atoms with van der Waals surface area (Å²) >= 11 is 8.41. The Morgan fingerprint density at radius 2 is 1.77 bits per heavy atom. The number of methoxy groups -OCH3 is 1. The Morgan fingerprint density at radius 3 is 2.41 bits per heavy atom.